The van der Waals surface area contributed by atoms with Crippen LogP contribution in [0.3, 0.4) is 0 Å². The molecule has 0 saturated carbocycles. The summed E-state index contributed by atoms with van der Waals surface area (Å²) in [6.45, 7) is -1.06. The zero-order chi connectivity index (χ0) is 16.8. The van der Waals surface area contributed by atoms with Gasteiger partial charge in [0.2, 0.25) is 0 Å². The fourth-order valence-electron chi connectivity index (χ4n) is 1.38. The summed E-state index contributed by atoms with van der Waals surface area (Å²) in [4.78, 5) is 0. The highest BCUT2D eigenvalue weighted by Gasteiger charge is 2.20. The number of ether oxygens (including phenoxy) is 2. The lowest BCUT2D eigenvalue weighted by Gasteiger charge is -2.17. The zero-order valence-electron chi connectivity index (χ0n) is 11.5. The Morgan fingerprint density at radius 1 is 1.00 bits per heavy atom. The number of nitrogens with two attached hydrogens (primary N) is 2. The van der Waals surface area contributed by atoms with Crippen molar-refractivity contribution in [1.82, 2.24) is 0 Å². The Balaban J connectivity index is 2.75. The smallest absolute Gasteiger partial charge is 0.333 e. The molecule has 0 fully saturated rings. The van der Waals surface area contributed by atoms with Gasteiger partial charge in [0, 0.05) is 0 Å². The molecule has 22 heavy (non-hydrogen) atoms. The predicted octanol–water partition coefficient (Wildman–Crippen LogP) is -1.12. The van der Waals surface area contributed by atoms with Gasteiger partial charge >= 0.3 is 20.6 Å². The second kappa shape index (κ2) is 7.71. The number of benzene rings is 1. The van der Waals surface area contributed by atoms with E-state index in [1.807, 2.05) is 0 Å². The van der Waals surface area contributed by atoms with Crippen LogP contribution in [-0.2, 0) is 29.0 Å². The molecule has 1 rings (SSSR count). The van der Waals surface area contributed by atoms with Crippen LogP contribution in [-0.4, -0.2) is 43.3 Å². The number of para-hydroxylation sites is 2. The van der Waals surface area contributed by atoms with Gasteiger partial charge in [-0.15, -0.1) is 0 Å². The maximum absolute atomic E-state index is 10.9. The molecule has 0 saturated heterocycles. The molecule has 0 aliphatic carbocycles. The summed E-state index contributed by atoms with van der Waals surface area (Å²) in [6, 6.07) is 6.54. The first-order valence-electron chi connectivity index (χ1n) is 5.74. The SMILES string of the molecule is COc1ccccc1OC[C@H](COS(N)(=O)=O)OS(N)(=O)=O. The minimum Gasteiger partial charge on any atom is -0.493 e. The van der Waals surface area contributed by atoms with Crippen molar-refractivity contribution in [3.63, 3.8) is 0 Å². The van der Waals surface area contributed by atoms with Crippen molar-refractivity contribution in [3.05, 3.63) is 24.3 Å². The molecule has 0 aliphatic heterocycles. The average molecular weight is 356 g/mol. The molecule has 0 aliphatic rings. The maximum atomic E-state index is 10.9. The van der Waals surface area contributed by atoms with Gasteiger partial charge in [0.15, 0.2) is 11.5 Å². The fourth-order valence-corrected chi connectivity index (χ4v) is 2.22. The van der Waals surface area contributed by atoms with Crippen LogP contribution < -0.4 is 19.8 Å². The molecule has 0 bridgehead atoms. The molecule has 0 heterocycles. The lowest BCUT2D eigenvalue weighted by atomic mass is 10.3. The van der Waals surface area contributed by atoms with Crippen molar-refractivity contribution < 1.29 is 34.7 Å². The molecule has 10 nitrogen and oxygen atoms in total. The topological polar surface area (TPSA) is 157 Å². The van der Waals surface area contributed by atoms with E-state index in [4.69, 9.17) is 14.6 Å². The van der Waals surface area contributed by atoms with Crippen molar-refractivity contribution in [2.24, 2.45) is 10.3 Å². The van der Waals surface area contributed by atoms with Crippen LogP contribution in [0.1, 0.15) is 0 Å². The third-order valence-electron chi connectivity index (χ3n) is 2.18. The summed E-state index contributed by atoms with van der Waals surface area (Å²) in [7, 11) is -7.18. The van der Waals surface area contributed by atoms with Crippen LogP contribution in [0.5, 0.6) is 11.5 Å². The Kier molecular flexibility index (Phi) is 6.52. The van der Waals surface area contributed by atoms with Crippen LogP contribution in [0.2, 0.25) is 0 Å². The first-order chi connectivity index (χ1) is 10.1. The van der Waals surface area contributed by atoms with Crippen molar-refractivity contribution >= 4 is 20.6 Å². The Bertz CT molecular complexity index is 689. The number of hydrogen-bond donors (Lipinski definition) is 2. The Morgan fingerprint density at radius 3 is 2.09 bits per heavy atom. The molecule has 126 valence electrons. The molecule has 1 aromatic rings. The molecule has 12 heteroatoms. The summed E-state index contributed by atoms with van der Waals surface area (Å²) in [5.74, 6) is 0.688. The molecule has 0 unspecified atom stereocenters. The molecule has 0 aromatic heterocycles. The minimum absolute atomic E-state index is 0.295. The van der Waals surface area contributed by atoms with Gasteiger partial charge in [0.05, 0.1) is 13.7 Å². The first kappa shape index (κ1) is 18.6. The molecule has 4 N–H and O–H groups in total. The van der Waals surface area contributed by atoms with Gasteiger partial charge in [-0.1, -0.05) is 12.1 Å². The molecule has 1 atom stereocenters. The monoisotopic (exact) mass is 356 g/mol. The first-order valence-corrected chi connectivity index (χ1v) is 8.69. The van der Waals surface area contributed by atoms with E-state index in [-0.39, 0.29) is 6.61 Å². The van der Waals surface area contributed by atoms with Gasteiger partial charge in [0.25, 0.3) is 0 Å². The van der Waals surface area contributed by atoms with E-state index in [1.54, 1.807) is 24.3 Å². The van der Waals surface area contributed by atoms with Crippen molar-refractivity contribution in [3.8, 4) is 11.5 Å². The van der Waals surface area contributed by atoms with E-state index in [9.17, 15) is 16.8 Å². The molecule has 0 spiro atoms. The van der Waals surface area contributed by atoms with Gasteiger partial charge in [-0.05, 0) is 12.1 Å². The summed E-state index contributed by atoms with van der Waals surface area (Å²) in [5, 5.41) is 9.39. The molecular formula is C10H16N2O8S2. The van der Waals surface area contributed by atoms with Crippen LogP contribution in [0.25, 0.3) is 0 Å². The highest BCUT2D eigenvalue weighted by Crippen LogP contribution is 2.26. The van der Waals surface area contributed by atoms with Gasteiger partial charge in [0.1, 0.15) is 12.7 Å². The van der Waals surface area contributed by atoms with E-state index in [1.165, 1.54) is 7.11 Å². The maximum Gasteiger partial charge on any atom is 0.333 e. The molecule has 0 radical (unpaired) electrons. The van der Waals surface area contributed by atoms with Gasteiger partial charge in [-0.2, -0.15) is 16.8 Å². The fraction of sp³-hybridized carbons (Fsp3) is 0.400. The van der Waals surface area contributed by atoms with Crippen LogP contribution in [0.4, 0.5) is 0 Å². The largest absolute Gasteiger partial charge is 0.493 e. The van der Waals surface area contributed by atoms with Gasteiger partial charge < -0.3 is 9.47 Å². The van der Waals surface area contributed by atoms with E-state index < -0.39 is 33.3 Å². The van der Waals surface area contributed by atoms with Crippen LogP contribution in [0.15, 0.2) is 24.3 Å². The van der Waals surface area contributed by atoms with E-state index in [0.29, 0.717) is 11.5 Å². The summed E-state index contributed by atoms with van der Waals surface area (Å²) in [5.41, 5.74) is 0. The standard InChI is InChI=1S/C10H16N2O8S2/c1-17-9-4-2-3-5-10(9)18-6-8(20-22(12,15)16)7-19-21(11,13)14/h2-5,8H,6-7H2,1H3,(H2,11,13,14)(H2,12,15,16)/t8-/m1/s1. The highest BCUT2D eigenvalue weighted by atomic mass is 32.2. The molecular weight excluding hydrogens is 340 g/mol. The number of hydrogen-bond acceptors (Lipinski definition) is 8. The van der Waals surface area contributed by atoms with Gasteiger partial charge in [-0.3, -0.25) is 4.18 Å². The molecule has 0 amide bonds. The Hall–Kier alpha value is -1.44. The highest BCUT2D eigenvalue weighted by molar-refractivity contribution is 7.84. The Morgan fingerprint density at radius 2 is 1.59 bits per heavy atom. The van der Waals surface area contributed by atoms with E-state index in [2.05, 4.69) is 13.5 Å². The number of methoxy groups -OCH3 is 1. The minimum atomic E-state index is -4.34. The number of rotatable bonds is 9. The van der Waals surface area contributed by atoms with Crippen molar-refractivity contribution in [1.29, 1.82) is 0 Å². The normalized spacial score (nSPS) is 13.6. The predicted molar refractivity (Wildman–Crippen MR) is 75.5 cm³/mol. The Labute approximate surface area is 128 Å². The van der Waals surface area contributed by atoms with Crippen molar-refractivity contribution in [2.45, 2.75) is 6.10 Å². The lowest BCUT2D eigenvalue weighted by Crippen LogP contribution is -2.34. The quantitative estimate of drug-likeness (QED) is 0.563. The zero-order valence-corrected chi connectivity index (χ0v) is 13.2. The lowest BCUT2D eigenvalue weighted by molar-refractivity contribution is 0.0873. The third-order valence-corrected chi connectivity index (χ3v) is 3.19. The van der Waals surface area contributed by atoms with E-state index in [0.717, 1.165) is 0 Å². The third kappa shape index (κ3) is 7.53. The average Bonchev–Trinajstić information content (AvgIpc) is 2.40. The molecule has 1 aromatic carbocycles. The van der Waals surface area contributed by atoms with Crippen LogP contribution >= 0.6 is 0 Å². The van der Waals surface area contributed by atoms with Crippen LogP contribution in [0, 0.1) is 0 Å². The second-order valence-corrected chi connectivity index (χ2v) is 6.35. The van der Waals surface area contributed by atoms with E-state index >= 15 is 0 Å². The summed E-state index contributed by atoms with van der Waals surface area (Å²) in [6.07, 6.45) is -1.32. The second-order valence-electron chi connectivity index (χ2n) is 3.95. The summed E-state index contributed by atoms with van der Waals surface area (Å²) >= 11 is 0. The van der Waals surface area contributed by atoms with Crippen molar-refractivity contribution in [2.75, 3.05) is 20.3 Å². The van der Waals surface area contributed by atoms with Gasteiger partial charge in [-0.25, -0.2) is 14.5 Å². The summed E-state index contributed by atoms with van der Waals surface area (Å²) < 4.78 is 62.4.